The van der Waals surface area contributed by atoms with Gasteiger partial charge in [0.05, 0.1) is 18.2 Å². The molecule has 30 heavy (non-hydrogen) atoms. The Labute approximate surface area is 171 Å². The SMILES string of the molecule is CN=C(Nc1nccnc1OC)C(=C(N)C(F)(F)F)c1cc(Cl)cc(C(F)(F)F)c1. The molecule has 1 aromatic carbocycles. The lowest BCUT2D eigenvalue weighted by molar-refractivity contribution is -0.137. The molecule has 2 rings (SSSR count). The number of amidine groups is 1. The number of hydrogen-bond donors (Lipinski definition) is 2. The molecule has 0 bridgehead atoms. The molecule has 13 heteroatoms. The summed E-state index contributed by atoms with van der Waals surface area (Å²) in [6, 6.07) is 1.97. The summed E-state index contributed by atoms with van der Waals surface area (Å²) in [7, 11) is 2.36. The molecule has 0 radical (unpaired) electrons. The Hall–Kier alpha value is -3.02. The van der Waals surface area contributed by atoms with Gasteiger partial charge in [0, 0.05) is 24.5 Å². The van der Waals surface area contributed by atoms with Crippen molar-refractivity contribution < 1.29 is 31.1 Å². The predicted molar refractivity (Wildman–Crippen MR) is 99.2 cm³/mol. The van der Waals surface area contributed by atoms with Crippen molar-refractivity contribution in [1.82, 2.24) is 9.97 Å². The van der Waals surface area contributed by atoms with E-state index in [1.807, 2.05) is 0 Å². The number of nitrogens with one attached hydrogen (secondary N) is 1. The summed E-state index contributed by atoms with van der Waals surface area (Å²) >= 11 is 5.73. The van der Waals surface area contributed by atoms with Gasteiger partial charge in [0.25, 0.3) is 5.88 Å². The molecule has 162 valence electrons. The van der Waals surface area contributed by atoms with Crippen molar-refractivity contribution >= 4 is 28.8 Å². The van der Waals surface area contributed by atoms with Gasteiger partial charge >= 0.3 is 12.4 Å². The molecular weight excluding hydrogens is 440 g/mol. The molecular formula is C17H14ClF6N5O. The van der Waals surface area contributed by atoms with Gasteiger partial charge in [-0.1, -0.05) is 11.6 Å². The summed E-state index contributed by atoms with van der Waals surface area (Å²) in [5.74, 6) is -0.754. The molecule has 0 aliphatic carbocycles. The van der Waals surface area contributed by atoms with Crippen LogP contribution in [0, 0.1) is 0 Å². The molecule has 0 amide bonds. The van der Waals surface area contributed by atoms with Crippen molar-refractivity contribution in [1.29, 1.82) is 0 Å². The first-order chi connectivity index (χ1) is 13.9. The zero-order valence-corrected chi connectivity index (χ0v) is 16.1. The van der Waals surface area contributed by atoms with Gasteiger partial charge in [-0.05, 0) is 23.8 Å². The van der Waals surface area contributed by atoms with Crippen LogP contribution in [0.3, 0.4) is 0 Å². The Morgan fingerprint density at radius 1 is 1.10 bits per heavy atom. The maximum atomic E-state index is 13.4. The fourth-order valence-electron chi connectivity index (χ4n) is 2.36. The number of anilines is 1. The number of alkyl halides is 6. The van der Waals surface area contributed by atoms with Gasteiger partial charge in [0.1, 0.15) is 11.5 Å². The van der Waals surface area contributed by atoms with Crippen LogP contribution >= 0.6 is 11.6 Å². The van der Waals surface area contributed by atoms with Crippen LogP contribution in [0.25, 0.3) is 5.57 Å². The Kier molecular flexibility index (Phi) is 6.80. The Bertz CT molecular complexity index is 987. The van der Waals surface area contributed by atoms with E-state index in [1.54, 1.807) is 0 Å². The highest BCUT2D eigenvalue weighted by atomic mass is 35.5. The van der Waals surface area contributed by atoms with Crippen molar-refractivity contribution in [3.8, 4) is 5.88 Å². The van der Waals surface area contributed by atoms with E-state index in [4.69, 9.17) is 22.1 Å². The minimum atomic E-state index is -5.08. The largest absolute Gasteiger partial charge is 0.478 e. The minimum absolute atomic E-state index is 0.0920. The highest BCUT2D eigenvalue weighted by Crippen LogP contribution is 2.36. The fourth-order valence-corrected chi connectivity index (χ4v) is 2.60. The number of ether oxygens (including phenoxy) is 1. The van der Waals surface area contributed by atoms with E-state index < -0.39 is 45.6 Å². The summed E-state index contributed by atoms with van der Waals surface area (Å²) in [5.41, 5.74) is 0.923. The average molecular weight is 454 g/mol. The van der Waals surface area contributed by atoms with Crippen molar-refractivity contribution in [2.24, 2.45) is 10.7 Å². The Balaban J connectivity index is 2.72. The molecule has 0 atom stereocenters. The summed E-state index contributed by atoms with van der Waals surface area (Å²) in [5, 5.41) is 2.02. The normalized spacial score (nSPS) is 13.7. The summed E-state index contributed by atoms with van der Waals surface area (Å²) in [4.78, 5) is 11.4. The molecule has 2 aromatic rings. The van der Waals surface area contributed by atoms with Gasteiger partial charge in [-0.25, -0.2) is 9.97 Å². The van der Waals surface area contributed by atoms with E-state index in [0.717, 1.165) is 13.1 Å². The van der Waals surface area contributed by atoms with Crippen LogP contribution in [0.15, 0.2) is 41.3 Å². The summed E-state index contributed by atoms with van der Waals surface area (Å²) in [6.45, 7) is 0. The Morgan fingerprint density at radius 2 is 1.73 bits per heavy atom. The van der Waals surface area contributed by atoms with Gasteiger partial charge in [0.15, 0.2) is 5.82 Å². The van der Waals surface area contributed by atoms with Crippen molar-refractivity contribution in [2.75, 3.05) is 19.5 Å². The molecule has 1 heterocycles. The van der Waals surface area contributed by atoms with Crippen LogP contribution in [-0.4, -0.2) is 36.1 Å². The van der Waals surface area contributed by atoms with E-state index in [2.05, 4.69) is 20.3 Å². The van der Waals surface area contributed by atoms with Crippen molar-refractivity contribution in [3.05, 3.63) is 52.4 Å². The van der Waals surface area contributed by atoms with Crippen LogP contribution in [0.5, 0.6) is 5.88 Å². The van der Waals surface area contributed by atoms with Crippen LogP contribution in [0.1, 0.15) is 11.1 Å². The van der Waals surface area contributed by atoms with Crippen LogP contribution in [0.4, 0.5) is 32.2 Å². The molecule has 3 N–H and O–H groups in total. The number of methoxy groups -OCH3 is 1. The van der Waals surface area contributed by atoms with Gasteiger partial charge in [-0.3, -0.25) is 4.99 Å². The smallest absolute Gasteiger partial charge is 0.431 e. The zero-order valence-electron chi connectivity index (χ0n) is 15.4. The molecule has 0 saturated heterocycles. The van der Waals surface area contributed by atoms with Crippen LogP contribution < -0.4 is 15.8 Å². The van der Waals surface area contributed by atoms with E-state index in [1.165, 1.54) is 19.5 Å². The molecule has 0 aliphatic heterocycles. The molecule has 0 aliphatic rings. The molecule has 6 nitrogen and oxygen atoms in total. The number of hydrogen-bond acceptors (Lipinski definition) is 5. The summed E-state index contributed by atoms with van der Waals surface area (Å²) in [6.07, 6.45) is -7.46. The number of aliphatic imine (C=N–C) groups is 1. The quantitative estimate of drug-likeness (QED) is 0.403. The van der Waals surface area contributed by atoms with Crippen LogP contribution in [-0.2, 0) is 6.18 Å². The second kappa shape index (κ2) is 8.78. The maximum absolute atomic E-state index is 13.4. The average Bonchev–Trinajstić information content (AvgIpc) is 2.65. The number of benzene rings is 1. The molecule has 1 aromatic heterocycles. The number of rotatable bonds is 4. The molecule has 0 saturated carbocycles. The first-order valence-corrected chi connectivity index (χ1v) is 8.30. The second-order valence-corrected chi connectivity index (χ2v) is 6.06. The third-order valence-corrected chi connectivity index (χ3v) is 3.86. The first kappa shape index (κ1) is 23.3. The standard InChI is InChI=1S/C17H14ClF6N5O/c1-26-13(29-14-15(30-2)28-4-3-27-14)11(12(25)17(22,23)24)8-5-9(16(19,20)21)7-10(18)6-8/h3-7H,25H2,1-2H3,(H,26,27,29). The van der Waals surface area contributed by atoms with Crippen molar-refractivity contribution in [3.63, 3.8) is 0 Å². The van der Waals surface area contributed by atoms with Crippen LogP contribution in [0.2, 0.25) is 5.02 Å². The second-order valence-electron chi connectivity index (χ2n) is 5.62. The number of nitrogens with two attached hydrogens (primary N) is 1. The van der Waals surface area contributed by atoms with Gasteiger partial charge in [-0.2, -0.15) is 26.3 Å². The van der Waals surface area contributed by atoms with Gasteiger partial charge in [-0.15, -0.1) is 0 Å². The lowest BCUT2D eigenvalue weighted by Crippen LogP contribution is -2.27. The van der Waals surface area contributed by atoms with E-state index in [9.17, 15) is 26.3 Å². The lowest BCUT2D eigenvalue weighted by Gasteiger charge is -2.19. The maximum Gasteiger partial charge on any atom is 0.431 e. The Morgan fingerprint density at radius 3 is 2.27 bits per heavy atom. The monoisotopic (exact) mass is 453 g/mol. The third kappa shape index (κ3) is 5.32. The van der Waals surface area contributed by atoms with Crippen molar-refractivity contribution in [2.45, 2.75) is 12.4 Å². The predicted octanol–water partition coefficient (Wildman–Crippen LogP) is 4.53. The minimum Gasteiger partial charge on any atom is -0.478 e. The zero-order chi connectivity index (χ0) is 22.7. The third-order valence-electron chi connectivity index (χ3n) is 3.64. The van der Waals surface area contributed by atoms with E-state index >= 15 is 0 Å². The number of aromatic nitrogens is 2. The van der Waals surface area contributed by atoms with E-state index in [-0.39, 0.29) is 11.7 Å². The van der Waals surface area contributed by atoms with Gasteiger partial charge < -0.3 is 15.8 Å². The number of halogens is 7. The number of nitrogens with zero attached hydrogens (tertiary/aromatic N) is 3. The molecule has 0 unspecified atom stereocenters. The fraction of sp³-hybridized carbons (Fsp3) is 0.235. The first-order valence-electron chi connectivity index (χ1n) is 7.92. The number of allylic oxidation sites excluding steroid dienone is 1. The summed E-state index contributed by atoms with van der Waals surface area (Å²) < 4.78 is 84.7. The van der Waals surface area contributed by atoms with Gasteiger partial charge in [0.2, 0.25) is 0 Å². The lowest BCUT2D eigenvalue weighted by atomic mass is 9.99. The highest BCUT2D eigenvalue weighted by molar-refractivity contribution is 6.32. The molecule has 0 fully saturated rings. The van der Waals surface area contributed by atoms with E-state index in [0.29, 0.717) is 12.1 Å². The molecule has 0 spiro atoms. The topological polar surface area (TPSA) is 85.4 Å². The highest BCUT2D eigenvalue weighted by Gasteiger charge is 2.37.